The van der Waals surface area contributed by atoms with Crippen LogP contribution in [0.5, 0.6) is 0 Å². The SMILES string of the molecule is NCc1ccnc(C2(c3ccccc3)CCCC2)n1. The average molecular weight is 253 g/mol. The fourth-order valence-corrected chi connectivity index (χ4v) is 3.12. The highest BCUT2D eigenvalue weighted by Gasteiger charge is 2.39. The maximum Gasteiger partial charge on any atom is 0.139 e. The fraction of sp³-hybridized carbons (Fsp3) is 0.375. The monoisotopic (exact) mass is 253 g/mol. The molecule has 0 bridgehead atoms. The van der Waals surface area contributed by atoms with Gasteiger partial charge in [-0.2, -0.15) is 0 Å². The van der Waals surface area contributed by atoms with Crippen LogP contribution in [-0.2, 0) is 12.0 Å². The highest BCUT2D eigenvalue weighted by Crippen LogP contribution is 2.44. The Bertz CT molecular complexity index is 545. The lowest BCUT2D eigenvalue weighted by molar-refractivity contribution is 0.496. The zero-order valence-corrected chi connectivity index (χ0v) is 11.0. The van der Waals surface area contributed by atoms with Crippen LogP contribution in [0.2, 0.25) is 0 Å². The Hall–Kier alpha value is -1.74. The molecule has 3 nitrogen and oxygen atoms in total. The van der Waals surface area contributed by atoms with Crippen molar-refractivity contribution < 1.29 is 0 Å². The Kier molecular flexibility index (Phi) is 3.30. The summed E-state index contributed by atoms with van der Waals surface area (Å²) in [4.78, 5) is 9.24. The molecular weight excluding hydrogens is 234 g/mol. The quantitative estimate of drug-likeness (QED) is 0.915. The van der Waals surface area contributed by atoms with E-state index in [9.17, 15) is 0 Å². The molecule has 3 rings (SSSR count). The Morgan fingerprint density at radius 3 is 2.47 bits per heavy atom. The molecule has 0 unspecified atom stereocenters. The van der Waals surface area contributed by atoms with Gasteiger partial charge in [0.25, 0.3) is 0 Å². The van der Waals surface area contributed by atoms with E-state index in [4.69, 9.17) is 5.73 Å². The molecule has 2 N–H and O–H groups in total. The number of aromatic nitrogens is 2. The third-order valence-electron chi connectivity index (χ3n) is 4.13. The molecule has 1 heterocycles. The third-order valence-corrected chi connectivity index (χ3v) is 4.13. The van der Waals surface area contributed by atoms with Crippen molar-refractivity contribution in [2.24, 2.45) is 5.73 Å². The number of hydrogen-bond acceptors (Lipinski definition) is 3. The molecule has 0 amide bonds. The molecule has 98 valence electrons. The number of hydrogen-bond donors (Lipinski definition) is 1. The largest absolute Gasteiger partial charge is 0.325 e. The zero-order valence-electron chi connectivity index (χ0n) is 11.0. The standard InChI is InChI=1S/C16H19N3/c17-12-14-8-11-18-15(19-14)16(9-4-5-10-16)13-6-2-1-3-7-13/h1-3,6-8,11H,4-5,9-10,12,17H2. The highest BCUT2D eigenvalue weighted by molar-refractivity contribution is 5.34. The minimum absolute atomic E-state index is 0.00750. The van der Waals surface area contributed by atoms with E-state index in [2.05, 4.69) is 40.3 Å². The molecule has 19 heavy (non-hydrogen) atoms. The minimum atomic E-state index is -0.00750. The van der Waals surface area contributed by atoms with Crippen LogP contribution in [-0.4, -0.2) is 9.97 Å². The maximum atomic E-state index is 5.71. The van der Waals surface area contributed by atoms with Crippen molar-refractivity contribution in [2.75, 3.05) is 0 Å². The molecule has 0 aliphatic heterocycles. The summed E-state index contributed by atoms with van der Waals surface area (Å²) in [5.74, 6) is 0.944. The predicted octanol–water partition coefficient (Wildman–Crippen LogP) is 2.80. The second-order valence-corrected chi connectivity index (χ2v) is 5.23. The lowest BCUT2D eigenvalue weighted by Crippen LogP contribution is -2.27. The van der Waals surface area contributed by atoms with E-state index < -0.39 is 0 Å². The average Bonchev–Trinajstić information content (AvgIpc) is 2.99. The zero-order chi connectivity index (χ0) is 13.1. The lowest BCUT2D eigenvalue weighted by atomic mass is 9.78. The summed E-state index contributed by atoms with van der Waals surface area (Å²) in [6, 6.07) is 12.6. The van der Waals surface area contributed by atoms with E-state index in [1.54, 1.807) is 0 Å². The normalized spacial score (nSPS) is 17.5. The van der Waals surface area contributed by atoms with Gasteiger partial charge >= 0.3 is 0 Å². The van der Waals surface area contributed by atoms with Crippen LogP contribution in [0, 0.1) is 0 Å². The minimum Gasteiger partial charge on any atom is -0.325 e. The van der Waals surface area contributed by atoms with Gasteiger partial charge in [0.15, 0.2) is 0 Å². The van der Waals surface area contributed by atoms with Crippen LogP contribution < -0.4 is 5.73 Å². The summed E-state index contributed by atoms with van der Waals surface area (Å²) < 4.78 is 0. The molecule has 1 saturated carbocycles. The maximum absolute atomic E-state index is 5.71. The van der Waals surface area contributed by atoms with E-state index >= 15 is 0 Å². The molecule has 0 atom stereocenters. The number of nitrogens with zero attached hydrogens (tertiary/aromatic N) is 2. The molecule has 3 heteroatoms. The van der Waals surface area contributed by atoms with E-state index in [0.717, 1.165) is 24.4 Å². The molecule has 0 spiro atoms. The van der Waals surface area contributed by atoms with E-state index in [-0.39, 0.29) is 5.41 Å². The Labute approximate surface area is 113 Å². The first-order valence-corrected chi connectivity index (χ1v) is 6.93. The van der Waals surface area contributed by atoms with Crippen molar-refractivity contribution in [1.29, 1.82) is 0 Å². The first-order valence-electron chi connectivity index (χ1n) is 6.93. The fourth-order valence-electron chi connectivity index (χ4n) is 3.12. The summed E-state index contributed by atoms with van der Waals surface area (Å²) >= 11 is 0. The van der Waals surface area contributed by atoms with Crippen LogP contribution in [0.25, 0.3) is 0 Å². The van der Waals surface area contributed by atoms with Crippen molar-refractivity contribution in [1.82, 2.24) is 9.97 Å². The van der Waals surface area contributed by atoms with Gasteiger partial charge in [-0.15, -0.1) is 0 Å². The van der Waals surface area contributed by atoms with Gasteiger partial charge in [-0.25, -0.2) is 9.97 Å². The highest BCUT2D eigenvalue weighted by atomic mass is 14.9. The van der Waals surface area contributed by atoms with Crippen LogP contribution in [0.3, 0.4) is 0 Å². The van der Waals surface area contributed by atoms with Gasteiger partial charge in [0, 0.05) is 12.7 Å². The topological polar surface area (TPSA) is 51.8 Å². The van der Waals surface area contributed by atoms with Gasteiger partial charge in [0.05, 0.1) is 11.1 Å². The summed E-state index contributed by atoms with van der Waals surface area (Å²) in [6.07, 6.45) is 6.58. The van der Waals surface area contributed by atoms with E-state index in [1.165, 1.54) is 18.4 Å². The van der Waals surface area contributed by atoms with Crippen molar-refractivity contribution >= 4 is 0 Å². The number of rotatable bonds is 3. The molecule has 1 fully saturated rings. The molecule has 1 aliphatic carbocycles. The predicted molar refractivity (Wildman–Crippen MR) is 75.6 cm³/mol. The van der Waals surface area contributed by atoms with Crippen LogP contribution >= 0.6 is 0 Å². The Morgan fingerprint density at radius 1 is 1.05 bits per heavy atom. The molecule has 1 aliphatic rings. The van der Waals surface area contributed by atoms with Crippen molar-refractivity contribution in [3.8, 4) is 0 Å². The summed E-state index contributed by atoms with van der Waals surface area (Å²) in [6.45, 7) is 0.473. The molecule has 0 saturated heterocycles. The number of nitrogens with two attached hydrogens (primary N) is 1. The van der Waals surface area contributed by atoms with Crippen LogP contribution in [0.15, 0.2) is 42.6 Å². The number of benzene rings is 1. The molecular formula is C16H19N3. The Balaban J connectivity index is 2.10. The van der Waals surface area contributed by atoms with Crippen molar-refractivity contribution in [2.45, 2.75) is 37.6 Å². The Morgan fingerprint density at radius 2 is 1.79 bits per heavy atom. The van der Waals surface area contributed by atoms with Crippen molar-refractivity contribution in [3.63, 3.8) is 0 Å². The van der Waals surface area contributed by atoms with Gasteiger partial charge in [-0.05, 0) is 24.5 Å². The summed E-state index contributed by atoms with van der Waals surface area (Å²) in [5.41, 5.74) is 7.96. The second kappa shape index (κ2) is 5.10. The first-order chi connectivity index (χ1) is 9.35. The second-order valence-electron chi connectivity index (χ2n) is 5.23. The molecule has 1 aromatic heterocycles. The van der Waals surface area contributed by atoms with Gasteiger partial charge in [-0.3, -0.25) is 0 Å². The smallest absolute Gasteiger partial charge is 0.139 e. The van der Waals surface area contributed by atoms with Gasteiger partial charge < -0.3 is 5.73 Å². The lowest BCUT2D eigenvalue weighted by Gasteiger charge is -2.28. The van der Waals surface area contributed by atoms with Crippen LogP contribution in [0.4, 0.5) is 0 Å². The summed E-state index contributed by atoms with van der Waals surface area (Å²) in [7, 11) is 0. The molecule has 1 aromatic carbocycles. The van der Waals surface area contributed by atoms with Crippen molar-refractivity contribution in [3.05, 3.63) is 59.7 Å². The molecule has 2 aromatic rings. The van der Waals surface area contributed by atoms with E-state index in [1.807, 2.05) is 12.3 Å². The van der Waals surface area contributed by atoms with E-state index in [0.29, 0.717) is 6.54 Å². The third kappa shape index (κ3) is 2.15. The summed E-state index contributed by atoms with van der Waals surface area (Å²) in [5, 5.41) is 0. The van der Waals surface area contributed by atoms with Gasteiger partial charge in [0.1, 0.15) is 5.82 Å². The molecule has 0 radical (unpaired) electrons. The van der Waals surface area contributed by atoms with Gasteiger partial charge in [0.2, 0.25) is 0 Å². The van der Waals surface area contributed by atoms with Crippen LogP contribution in [0.1, 0.15) is 42.8 Å². The van der Waals surface area contributed by atoms with Gasteiger partial charge in [-0.1, -0.05) is 43.2 Å². The first kappa shape index (κ1) is 12.3.